The minimum Gasteiger partial charge on any atom is -0.469 e. The van der Waals surface area contributed by atoms with E-state index < -0.39 is 0 Å². The van der Waals surface area contributed by atoms with Gasteiger partial charge < -0.3 is 10.1 Å². The SMILES string of the molecule is COC(=O)CCNC(=O)c1nnn(-c2cccc(Br)c2)c1C. The number of carbonyl (C=O) groups is 2. The molecule has 0 aliphatic carbocycles. The summed E-state index contributed by atoms with van der Waals surface area (Å²) >= 11 is 3.39. The number of rotatable bonds is 5. The fourth-order valence-electron chi connectivity index (χ4n) is 1.86. The predicted molar refractivity (Wildman–Crippen MR) is 82.8 cm³/mol. The molecule has 0 unspecified atom stereocenters. The van der Waals surface area contributed by atoms with Crippen molar-refractivity contribution in [3.63, 3.8) is 0 Å². The number of benzene rings is 1. The molecular weight excluding hydrogens is 352 g/mol. The Kier molecular flexibility index (Phi) is 5.26. The molecule has 0 bridgehead atoms. The first-order chi connectivity index (χ1) is 10.5. The van der Waals surface area contributed by atoms with Crippen molar-refractivity contribution in [2.45, 2.75) is 13.3 Å². The first-order valence-corrected chi connectivity index (χ1v) is 7.35. The molecule has 1 aromatic heterocycles. The molecule has 2 aromatic rings. The van der Waals surface area contributed by atoms with E-state index in [0.29, 0.717) is 5.69 Å². The zero-order valence-corrected chi connectivity index (χ0v) is 13.8. The monoisotopic (exact) mass is 366 g/mol. The number of esters is 1. The zero-order valence-electron chi connectivity index (χ0n) is 12.2. The number of hydrogen-bond donors (Lipinski definition) is 1. The Labute approximate surface area is 135 Å². The van der Waals surface area contributed by atoms with Crippen molar-refractivity contribution in [3.8, 4) is 5.69 Å². The Morgan fingerprint density at radius 1 is 1.41 bits per heavy atom. The molecule has 0 atom stereocenters. The Balaban J connectivity index is 2.10. The maximum absolute atomic E-state index is 12.1. The van der Waals surface area contributed by atoms with E-state index in [4.69, 9.17) is 0 Å². The molecule has 0 saturated heterocycles. The van der Waals surface area contributed by atoms with Crippen molar-refractivity contribution in [3.05, 3.63) is 40.1 Å². The standard InChI is InChI=1S/C14H15BrN4O3/c1-9-13(14(21)16-7-6-12(20)22-2)17-18-19(9)11-5-3-4-10(15)8-11/h3-5,8H,6-7H2,1-2H3,(H,16,21). The summed E-state index contributed by atoms with van der Waals surface area (Å²) < 4.78 is 7.00. The second-order valence-corrected chi connectivity index (χ2v) is 5.41. The highest BCUT2D eigenvalue weighted by atomic mass is 79.9. The Bertz CT molecular complexity index is 699. The predicted octanol–water partition coefficient (Wildman–Crippen LogP) is 1.63. The van der Waals surface area contributed by atoms with Crippen molar-refractivity contribution in [1.29, 1.82) is 0 Å². The van der Waals surface area contributed by atoms with Gasteiger partial charge in [0.25, 0.3) is 5.91 Å². The van der Waals surface area contributed by atoms with Crippen molar-refractivity contribution in [2.24, 2.45) is 0 Å². The van der Waals surface area contributed by atoms with E-state index >= 15 is 0 Å². The molecule has 116 valence electrons. The Morgan fingerprint density at radius 3 is 2.86 bits per heavy atom. The van der Waals surface area contributed by atoms with Gasteiger partial charge in [-0.15, -0.1) is 5.10 Å². The molecule has 0 radical (unpaired) electrons. The third-order valence-corrected chi connectivity index (χ3v) is 3.50. The first-order valence-electron chi connectivity index (χ1n) is 6.56. The van der Waals surface area contributed by atoms with Gasteiger partial charge in [0.15, 0.2) is 5.69 Å². The lowest BCUT2D eigenvalue weighted by Crippen LogP contribution is -2.27. The van der Waals surface area contributed by atoms with Crippen molar-refractivity contribution >= 4 is 27.8 Å². The zero-order chi connectivity index (χ0) is 16.1. The highest BCUT2D eigenvalue weighted by Gasteiger charge is 2.17. The van der Waals surface area contributed by atoms with E-state index in [1.807, 2.05) is 24.3 Å². The number of nitrogens with one attached hydrogen (secondary N) is 1. The van der Waals surface area contributed by atoms with Crippen LogP contribution in [0.2, 0.25) is 0 Å². The minimum absolute atomic E-state index is 0.112. The van der Waals surface area contributed by atoms with Crippen LogP contribution in [0.15, 0.2) is 28.7 Å². The summed E-state index contributed by atoms with van der Waals surface area (Å²) in [6.07, 6.45) is 0.112. The average Bonchev–Trinajstić information content (AvgIpc) is 2.88. The molecule has 7 nitrogen and oxygen atoms in total. The lowest BCUT2D eigenvalue weighted by Gasteiger charge is -2.05. The quantitative estimate of drug-likeness (QED) is 0.812. The molecule has 0 aliphatic heterocycles. The Hall–Kier alpha value is -2.22. The summed E-state index contributed by atoms with van der Waals surface area (Å²) in [4.78, 5) is 23.1. The molecular formula is C14H15BrN4O3. The molecule has 8 heteroatoms. The molecule has 1 aromatic carbocycles. The topological polar surface area (TPSA) is 86.1 Å². The maximum atomic E-state index is 12.1. The lowest BCUT2D eigenvalue weighted by atomic mass is 10.3. The molecule has 1 amide bonds. The second kappa shape index (κ2) is 7.17. The summed E-state index contributed by atoms with van der Waals surface area (Å²) in [7, 11) is 1.30. The Morgan fingerprint density at radius 2 is 2.18 bits per heavy atom. The van der Waals surface area contributed by atoms with Crippen LogP contribution < -0.4 is 5.32 Å². The number of nitrogens with zero attached hydrogens (tertiary/aromatic N) is 3. The molecule has 22 heavy (non-hydrogen) atoms. The second-order valence-electron chi connectivity index (χ2n) is 4.50. The van der Waals surface area contributed by atoms with Crippen molar-refractivity contribution in [1.82, 2.24) is 20.3 Å². The molecule has 0 fully saturated rings. The van der Waals surface area contributed by atoms with Gasteiger partial charge in [-0.3, -0.25) is 9.59 Å². The molecule has 2 rings (SSSR count). The van der Waals surface area contributed by atoms with Gasteiger partial charge in [0.1, 0.15) is 0 Å². The third kappa shape index (κ3) is 3.70. The summed E-state index contributed by atoms with van der Waals surface area (Å²) in [5.74, 6) is -0.752. The van der Waals surface area contributed by atoms with Gasteiger partial charge in [-0.25, -0.2) is 4.68 Å². The van der Waals surface area contributed by atoms with Gasteiger partial charge >= 0.3 is 5.97 Å². The number of ether oxygens (including phenoxy) is 1. The number of carbonyl (C=O) groups excluding carboxylic acids is 2. The first kappa shape index (κ1) is 16.2. The molecule has 0 spiro atoms. The van der Waals surface area contributed by atoms with Crippen LogP contribution in [-0.2, 0) is 9.53 Å². The van der Waals surface area contributed by atoms with Gasteiger partial charge in [0.05, 0.1) is 24.9 Å². The fraction of sp³-hybridized carbons (Fsp3) is 0.286. The van der Waals surface area contributed by atoms with E-state index in [1.54, 1.807) is 11.6 Å². The summed E-state index contributed by atoms with van der Waals surface area (Å²) in [6.45, 7) is 1.95. The van der Waals surface area contributed by atoms with Crippen LogP contribution >= 0.6 is 15.9 Å². The number of halogens is 1. The summed E-state index contributed by atoms with van der Waals surface area (Å²) in [5.41, 5.74) is 1.64. The molecule has 0 aliphatic rings. The van der Waals surface area contributed by atoms with E-state index in [-0.39, 0.29) is 30.5 Å². The van der Waals surface area contributed by atoms with Crippen LogP contribution in [-0.4, -0.2) is 40.5 Å². The minimum atomic E-state index is -0.380. The number of methoxy groups -OCH3 is 1. The molecule has 1 heterocycles. The van der Waals surface area contributed by atoms with Gasteiger partial charge in [0.2, 0.25) is 0 Å². The van der Waals surface area contributed by atoms with Gasteiger partial charge in [-0.2, -0.15) is 0 Å². The van der Waals surface area contributed by atoms with E-state index in [2.05, 4.69) is 36.3 Å². The van der Waals surface area contributed by atoms with Gasteiger partial charge in [-0.05, 0) is 25.1 Å². The van der Waals surface area contributed by atoms with Gasteiger partial charge in [-0.1, -0.05) is 27.2 Å². The number of aromatic nitrogens is 3. The molecule has 1 N–H and O–H groups in total. The normalized spacial score (nSPS) is 10.3. The summed E-state index contributed by atoms with van der Waals surface area (Å²) in [5, 5.41) is 10.5. The highest BCUT2D eigenvalue weighted by molar-refractivity contribution is 9.10. The smallest absolute Gasteiger partial charge is 0.307 e. The van der Waals surface area contributed by atoms with Crippen LogP contribution in [0.1, 0.15) is 22.6 Å². The average molecular weight is 367 g/mol. The van der Waals surface area contributed by atoms with Crippen molar-refractivity contribution in [2.75, 3.05) is 13.7 Å². The number of hydrogen-bond acceptors (Lipinski definition) is 5. The number of amides is 1. The van der Waals surface area contributed by atoms with Crippen LogP contribution in [0.3, 0.4) is 0 Å². The third-order valence-electron chi connectivity index (χ3n) is 3.00. The van der Waals surface area contributed by atoms with E-state index in [0.717, 1.165) is 10.2 Å². The van der Waals surface area contributed by atoms with Crippen LogP contribution in [0.25, 0.3) is 5.69 Å². The van der Waals surface area contributed by atoms with E-state index in [9.17, 15) is 9.59 Å². The van der Waals surface area contributed by atoms with Crippen LogP contribution in [0, 0.1) is 6.92 Å². The summed E-state index contributed by atoms with van der Waals surface area (Å²) in [6, 6.07) is 7.51. The molecule has 0 saturated carbocycles. The fourth-order valence-corrected chi connectivity index (χ4v) is 2.24. The van der Waals surface area contributed by atoms with Crippen LogP contribution in [0.5, 0.6) is 0 Å². The maximum Gasteiger partial charge on any atom is 0.307 e. The van der Waals surface area contributed by atoms with E-state index in [1.165, 1.54) is 7.11 Å². The van der Waals surface area contributed by atoms with Gasteiger partial charge in [0, 0.05) is 11.0 Å². The highest BCUT2D eigenvalue weighted by Crippen LogP contribution is 2.17. The van der Waals surface area contributed by atoms with Crippen molar-refractivity contribution < 1.29 is 14.3 Å². The van der Waals surface area contributed by atoms with Crippen LogP contribution in [0.4, 0.5) is 0 Å². The largest absolute Gasteiger partial charge is 0.469 e. The lowest BCUT2D eigenvalue weighted by molar-refractivity contribution is -0.140.